The average Bonchev–Trinajstić information content (AvgIpc) is 3.53. The van der Waals surface area contributed by atoms with Crippen molar-refractivity contribution in [2.75, 3.05) is 58.5 Å². The lowest BCUT2D eigenvalue weighted by atomic mass is 10.2. The summed E-state index contributed by atoms with van der Waals surface area (Å²) in [4.78, 5) is 27.1. The largest absolute Gasteiger partial charge is 0.495 e. The molecule has 1 amide bonds. The number of morpholine rings is 1. The van der Waals surface area contributed by atoms with E-state index < -0.39 is 0 Å². The van der Waals surface area contributed by atoms with E-state index in [4.69, 9.17) is 19.2 Å². The van der Waals surface area contributed by atoms with E-state index in [1.54, 1.807) is 24.6 Å². The van der Waals surface area contributed by atoms with E-state index in [9.17, 15) is 4.79 Å². The molecule has 0 spiro atoms. The number of carbonyl (C=O) groups is 1. The van der Waals surface area contributed by atoms with Crippen LogP contribution in [0.15, 0.2) is 35.8 Å². The number of benzene rings is 2. The first-order chi connectivity index (χ1) is 16.7. The standard InChI is InChI=1S/C24H26N4O4S2/c1-30-18-6-7-19(31-2)22-21(18)26-24(34-22)28(9-3-8-27-10-12-32-13-11-27)23(29)16-4-5-17-20(14-16)33-15-25-17/h4-7,14-15H,3,8-13H2,1-2H3. The van der Waals surface area contributed by atoms with Crippen LogP contribution in [0.2, 0.25) is 0 Å². The first-order valence-corrected chi connectivity index (χ1v) is 12.8. The molecule has 0 saturated carbocycles. The van der Waals surface area contributed by atoms with Gasteiger partial charge in [0.15, 0.2) is 5.13 Å². The minimum Gasteiger partial charge on any atom is -0.495 e. The first-order valence-electron chi connectivity index (χ1n) is 11.1. The summed E-state index contributed by atoms with van der Waals surface area (Å²) < 4.78 is 18.4. The molecule has 178 valence electrons. The van der Waals surface area contributed by atoms with Crippen LogP contribution in [0, 0.1) is 0 Å². The van der Waals surface area contributed by atoms with E-state index in [1.807, 2.05) is 30.3 Å². The molecule has 0 unspecified atom stereocenters. The van der Waals surface area contributed by atoms with Gasteiger partial charge in [-0.05, 0) is 36.8 Å². The molecular formula is C24H26N4O4S2. The number of methoxy groups -OCH3 is 2. The van der Waals surface area contributed by atoms with Crippen LogP contribution in [-0.4, -0.2) is 74.4 Å². The van der Waals surface area contributed by atoms with Crippen LogP contribution >= 0.6 is 22.7 Å². The van der Waals surface area contributed by atoms with Crippen molar-refractivity contribution in [1.82, 2.24) is 14.9 Å². The van der Waals surface area contributed by atoms with E-state index in [1.165, 1.54) is 22.7 Å². The summed E-state index contributed by atoms with van der Waals surface area (Å²) in [7, 11) is 3.26. The number of aromatic nitrogens is 2. The summed E-state index contributed by atoms with van der Waals surface area (Å²) >= 11 is 2.98. The fourth-order valence-electron chi connectivity index (χ4n) is 4.09. The number of ether oxygens (including phenoxy) is 3. The predicted octanol–water partition coefficient (Wildman–Crippen LogP) is 4.29. The highest BCUT2D eigenvalue weighted by atomic mass is 32.1. The van der Waals surface area contributed by atoms with Crippen molar-refractivity contribution in [3.63, 3.8) is 0 Å². The molecule has 1 fully saturated rings. The van der Waals surface area contributed by atoms with Gasteiger partial charge in [0.2, 0.25) is 0 Å². The van der Waals surface area contributed by atoms with Crippen LogP contribution in [0.3, 0.4) is 0 Å². The lowest BCUT2D eigenvalue weighted by molar-refractivity contribution is 0.0376. The lowest BCUT2D eigenvalue weighted by Gasteiger charge is -2.27. The van der Waals surface area contributed by atoms with Crippen LogP contribution in [0.5, 0.6) is 11.5 Å². The van der Waals surface area contributed by atoms with Crippen molar-refractivity contribution >= 4 is 54.1 Å². The molecule has 5 rings (SSSR count). The number of nitrogens with zero attached hydrogens (tertiary/aromatic N) is 4. The van der Waals surface area contributed by atoms with Gasteiger partial charge >= 0.3 is 0 Å². The smallest absolute Gasteiger partial charge is 0.260 e. The Morgan fingerprint density at radius 1 is 1.15 bits per heavy atom. The molecule has 0 atom stereocenters. The fourth-order valence-corrected chi connectivity index (χ4v) is 5.91. The molecule has 8 nitrogen and oxygen atoms in total. The molecule has 1 saturated heterocycles. The molecule has 34 heavy (non-hydrogen) atoms. The van der Waals surface area contributed by atoms with E-state index in [2.05, 4.69) is 9.88 Å². The highest BCUT2D eigenvalue weighted by Gasteiger charge is 2.24. The summed E-state index contributed by atoms with van der Waals surface area (Å²) in [5, 5.41) is 0.633. The van der Waals surface area contributed by atoms with Gasteiger partial charge in [-0.2, -0.15) is 0 Å². The van der Waals surface area contributed by atoms with E-state index in [0.29, 0.717) is 34.3 Å². The van der Waals surface area contributed by atoms with Crippen LogP contribution in [-0.2, 0) is 4.74 Å². The van der Waals surface area contributed by atoms with Crippen molar-refractivity contribution < 1.29 is 19.0 Å². The van der Waals surface area contributed by atoms with E-state index >= 15 is 0 Å². The van der Waals surface area contributed by atoms with E-state index in [0.717, 1.165) is 54.2 Å². The Hall–Kier alpha value is -2.79. The van der Waals surface area contributed by atoms with Crippen LogP contribution < -0.4 is 14.4 Å². The average molecular weight is 499 g/mol. The molecule has 2 aromatic heterocycles. The van der Waals surface area contributed by atoms with Crippen molar-refractivity contribution in [2.45, 2.75) is 6.42 Å². The zero-order chi connectivity index (χ0) is 23.5. The molecule has 4 aromatic rings. The summed E-state index contributed by atoms with van der Waals surface area (Å²) in [5.41, 5.74) is 4.02. The maximum absolute atomic E-state index is 13.8. The number of fused-ring (bicyclic) bond motifs is 2. The predicted molar refractivity (Wildman–Crippen MR) is 136 cm³/mol. The van der Waals surface area contributed by atoms with Crippen LogP contribution in [0.4, 0.5) is 5.13 Å². The van der Waals surface area contributed by atoms with Gasteiger partial charge in [-0.1, -0.05) is 11.3 Å². The van der Waals surface area contributed by atoms with Crippen molar-refractivity contribution in [3.8, 4) is 11.5 Å². The third kappa shape index (κ3) is 4.58. The number of carbonyl (C=O) groups excluding carboxylic acids is 1. The van der Waals surface area contributed by atoms with Crippen molar-refractivity contribution in [2.24, 2.45) is 0 Å². The first kappa shape index (κ1) is 23.0. The molecule has 3 heterocycles. The molecule has 0 aliphatic carbocycles. The molecule has 2 aromatic carbocycles. The lowest BCUT2D eigenvalue weighted by Crippen LogP contribution is -2.39. The van der Waals surface area contributed by atoms with Crippen LogP contribution in [0.25, 0.3) is 20.4 Å². The second-order valence-electron chi connectivity index (χ2n) is 7.94. The second-order valence-corrected chi connectivity index (χ2v) is 9.81. The normalized spacial score (nSPS) is 14.5. The topological polar surface area (TPSA) is 77.0 Å². The minimum absolute atomic E-state index is 0.0748. The number of hydrogen-bond acceptors (Lipinski definition) is 9. The van der Waals surface area contributed by atoms with Gasteiger partial charge < -0.3 is 14.2 Å². The molecule has 1 aliphatic rings. The Morgan fingerprint density at radius 2 is 1.94 bits per heavy atom. The Morgan fingerprint density at radius 3 is 2.74 bits per heavy atom. The van der Waals surface area contributed by atoms with Gasteiger partial charge in [-0.25, -0.2) is 9.97 Å². The van der Waals surface area contributed by atoms with E-state index in [-0.39, 0.29) is 5.91 Å². The van der Waals surface area contributed by atoms with Gasteiger partial charge in [-0.15, -0.1) is 11.3 Å². The number of anilines is 1. The Bertz CT molecular complexity index is 1260. The Labute approximate surface area is 205 Å². The maximum Gasteiger partial charge on any atom is 0.260 e. The zero-order valence-corrected chi connectivity index (χ0v) is 20.8. The monoisotopic (exact) mass is 498 g/mol. The van der Waals surface area contributed by atoms with Gasteiger partial charge in [0, 0.05) is 31.7 Å². The van der Waals surface area contributed by atoms with Crippen molar-refractivity contribution in [1.29, 1.82) is 0 Å². The second kappa shape index (κ2) is 10.2. The SMILES string of the molecule is COc1ccc(OC)c2sc(N(CCCN3CCOCC3)C(=O)c3ccc4ncsc4c3)nc12. The Balaban J connectivity index is 1.48. The number of hydrogen-bond donors (Lipinski definition) is 0. The molecular weight excluding hydrogens is 472 g/mol. The third-order valence-corrected chi connectivity index (χ3v) is 7.80. The zero-order valence-electron chi connectivity index (χ0n) is 19.2. The van der Waals surface area contributed by atoms with Gasteiger partial charge in [-0.3, -0.25) is 14.6 Å². The quantitative estimate of drug-likeness (QED) is 0.359. The number of thiazole rings is 2. The number of amides is 1. The summed E-state index contributed by atoms with van der Waals surface area (Å²) in [6, 6.07) is 9.36. The Kier molecular flexibility index (Phi) is 6.91. The minimum atomic E-state index is -0.0748. The summed E-state index contributed by atoms with van der Waals surface area (Å²) in [6.45, 7) is 4.82. The molecule has 0 bridgehead atoms. The van der Waals surface area contributed by atoms with Gasteiger partial charge in [0.05, 0.1) is 43.2 Å². The van der Waals surface area contributed by atoms with Crippen LogP contribution in [0.1, 0.15) is 16.8 Å². The highest BCUT2D eigenvalue weighted by Crippen LogP contribution is 2.40. The molecule has 10 heteroatoms. The van der Waals surface area contributed by atoms with Gasteiger partial charge in [0.1, 0.15) is 21.7 Å². The highest BCUT2D eigenvalue weighted by molar-refractivity contribution is 7.22. The molecule has 0 radical (unpaired) electrons. The maximum atomic E-state index is 13.8. The van der Waals surface area contributed by atoms with Gasteiger partial charge in [0.25, 0.3) is 5.91 Å². The summed E-state index contributed by atoms with van der Waals surface area (Å²) in [5.74, 6) is 1.30. The fraction of sp³-hybridized carbons (Fsp3) is 0.375. The number of rotatable bonds is 8. The molecule has 0 N–H and O–H groups in total. The third-order valence-electron chi connectivity index (χ3n) is 5.91. The molecule has 1 aliphatic heterocycles. The summed E-state index contributed by atoms with van der Waals surface area (Å²) in [6.07, 6.45) is 0.832. The van der Waals surface area contributed by atoms with Crippen molar-refractivity contribution in [3.05, 3.63) is 41.4 Å².